The van der Waals surface area contributed by atoms with E-state index < -0.39 is 0 Å². The van der Waals surface area contributed by atoms with Crippen molar-refractivity contribution in [1.82, 2.24) is 0 Å². The first-order valence-electron chi connectivity index (χ1n) is 6.33. The van der Waals surface area contributed by atoms with Gasteiger partial charge in [0.1, 0.15) is 0 Å². The lowest BCUT2D eigenvalue weighted by Gasteiger charge is -2.33. The van der Waals surface area contributed by atoms with E-state index in [0.717, 1.165) is 24.7 Å². The van der Waals surface area contributed by atoms with Crippen molar-refractivity contribution in [2.75, 3.05) is 0 Å². The van der Waals surface area contributed by atoms with Crippen LogP contribution in [0, 0.1) is 17.3 Å². The Morgan fingerprint density at radius 1 is 1.47 bits per heavy atom. The number of allylic oxidation sites excluding steroid dienone is 2. The second-order valence-corrected chi connectivity index (χ2v) is 5.69. The Bertz CT molecular complexity index is 279. The number of hydrogen-bond donors (Lipinski definition) is 0. The van der Waals surface area contributed by atoms with Gasteiger partial charge in [0.2, 0.25) is 0 Å². The highest BCUT2D eigenvalue weighted by molar-refractivity contribution is 5.90. The Morgan fingerprint density at radius 3 is 2.80 bits per heavy atom. The SMILES string of the molecule is CC/C=C/C(=O)CC1(C)CC2CCC1C2. The monoisotopic (exact) mass is 206 g/mol. The molecular formula is C14H22O. The van der Waals surface area contributed by atoms with Crippen LogP contribution in [0.5, 0.6) is 0 Å². The van der Waals surface area contributed by atoms with E-state index in [1.54, 1.807) is 6.08 Å². The smallest absolute Gasteiger partial charge is 0.155 e. The molecule has 2 aliphatic rings. The standard InChI is InChI=1S/C14H22O/c1-3-4-5-13(15)10-14(2)9-11-6-7-12(14)8-11/h4-5,11-12H,3,6-10H2,1-2H3/b5-4+. The van der Waals surface area contributed by atoms with Crippen LogP contribution < -0.4 is 0 Å². The zero-order chi connectivity index (χ0) is 10.9. The van der Waals surface area contributed by atoms with Crippen LogP contribution >= 0.6 is 0 Å². The van der Waals surface area contributed by atoms with Gasteiger partial charge in [-0.1, -0.05) is 26.3 Å². The van der Waals surface area contributed by atoms with E-state index in [1.165, 1.54) is 25.7 Å². The Morgan fingerprint density at radius 2 is 2.27 bits per heavy atom. The average Bonchev–Trinajstić information content (AvgIpc) is 2.73. The third-order valence-corrected chi connectivity index (χ3v) is 4.40. The summed E-state index contributed by atoms with van der Waals surface area (Å²) in [4.78, 5) is 11.8. The van der Waals surface area contributed by atoms with Gasteiger partial charge in [-0.15, -0.1) is 0 Å². The van der Waals surface area contributed by atoms with Crippen molar-refractivity contribution in [3.8, 4) is 0 Å². The number of fused-ring (bicyclic) bond motifs is 2. The van der Waals surface area contributed by atoms with Gasteiger partial charge in [-0.05, 0) is 49.0 Å². The number of hydrogen-bond acceptors (Lipinski definition) is 1. The number of ketones is 1. The van der Waals surface area contributed by atoms with E-state index in [0.29, 0.717) is 11.2 Å². The van der Waals surface area contributed by atoms with Crippen molar-refractivity contribution in [3.05, 3.63) is 12.2 Å². The molecule has 0 heterocycles. The summed E-state index contributed by atoms with van der Waals surface area (Å²) in [5.41, 5.74) is 0.331. The molecule has 1 nitrogen and oxygen atoms in total. The lowest BCUT2D eigenvalue weighted by atomic mass is 9.71. The zero-order valence-electron chi connectivity index (χ0n) is 9.96. The first-order chi connectivity index (χ1) is 7.14. The van der Waals surface area contributed by atoms with Crippen LogP contribution in [0.25, 0.3) is 0 Å². The quantitative estimate of drug-likeness (QED) is 0.640. The van der Waals surface area contributed by atoms with E-state index in [2.05, 4.69) is 13.8 Å². The van der Waals surface area contributed by atoms with Crippen LogP contribution in [0.2, 0.25) is 0 Å². The second kappa shape index (κ2) is 4.11. The maximum Gasteiger partial charge on any atom is 0.155 e. The molecule has 0 aromatic carbocycles. The molecule has 0 radical (unpaired) electrons. The highest BCUT2D eigenvalue weighted by Gasteiger charge is 2.48. The van der Waals surface area contributed by atoms with Gasteiger partial charge < -0.3 is 0 Å². The second-order valence-electron chi connectivity index (χ2n) is 5.69. The third kappa shape index (κ3) is 2.16. The molecule has 2 saturated carbocycles. The van der Waals surface area contributed by atoms with Crippen LogP contribution in [0.4, 0.5) is 0 Å². The van der Waals surface area contributed by atoms with Gasteiger partial charge in [0.05, 0.1) is 0 Å². The largest absolute Gasteiger partial charge is 0.295 e. The molecule has 2 bridgehead atoms. The van der Waals surface area contributed by atoms with Crippen LogP contribution in [0.15, 0.2) is 12.2 Å². The molecule has 0 aromatic heterocycles. The molecular weight excluding hydrogens is 184 g/mol. The van der Waals surface area contributed by atoms with Crippen molar-refractivity contribution in [3.63, 3.8) is 0 Å². The summed E-state index contributed by atoms with van der Waals surface area (Å²) in [7, 11) is 0. The summed E-state index contributed by atoms with van der Waals surface area (Å²) in [6, 6.07) is 0. The summed E-state index contributed by atoms with van der Waals surface area (Å²) in [6.07, 6.45) is 11.0. The van der Waals surface area contributed by atoms with E-state index in [-0.39, 0.29) is 0 Å². The van der Waals surface area contributed by atoms with Crippen molar-refractivity contribution in [2.24, 2.45) is 17.3 Å². The summed E-state index contributed by atoms with van der Waals surface area (Å²) >= 11 is 0. The number of carbonyl (C=O) groups is 1. The fourth-order valence-electron chi connectivity index (χ4n) is 3.64. The molecule has 2 aliphatic carbocycles. The molecule has 0 spiro atoms. The predicted octanol–water partition coefficient (Wildman–Crippen LogP) is 3.74. The highest BCUT2D eigenvalue weighted by atomic mass is 16.1. The van der Waals surface area contributed by atoms with Gasteiger partial charge in [0, 0.05) is 6.42 Å². The summed E-state index contributed by atoms with van der Waals surface area (Å²) in [5, 5.41) is 0. The topological polar surface area (TPSA) is 17.1 Å². The normalized spacial score (nSPS) is 39.1. The molecule has 0 N–H and O–H groups in total. The maximum absolute atomic E-state index is 11.8. The van der Waals surface area contributed by atoms with Gasteiger partial charge in [-0.2, -0.15) is 0 Å². The number of carbonyl (C=O) groups excluding carboxylic acids is 1. The number of rotatable bonds is 4. The van der Waals surface area contributed by atoms with E-state index in [4.69, 9.17) is 0 Å². The molecule has 2 fully saturated rings. The minimum Gasteiger partial charge on any atom is -0.295 e. The molecule has 0 aliphatic heterocycles. The minimum absolute atomic E-state index is 0.331. The van der Waals surface area contributed by atoms with E-state index in [9.17, 15) is 4.79 Å². The van der Waals surface area contributed by atoms with Gasteiger partial charge in [0.25, 0.3) is 0 Å². The van der Waals surface area contributed by atoms with Crippen molar-refractivity contribution >= 4 is 5.78 Å². The average molecular weight is 206 g/mol. The summed E-state index contributed by atoms with van der Waals surface area (Å²) in [5.74, 6) is 2.11. The molecule has 2 rings (SSSR count). The third-order valence-electron chi connectivity index (χ3n) is 4.40. The van der Waals surface area contributed by atoms with Crippen LogP contribution in [0.3, 0.4) is 0 Å². The Hall–Kier alpha value is -0.590. The fraction of sp³-hybridized carbons (Fsp3) is 0.786. The summed E-state index contributed by atoms with van der Waals surface area (Å²) in [6.45, 7) is 4.40. The van der Waals surface area contributed by atoms with Crippen molar-refractivity contribution in [2.45, 2.75) is 52.4 Å². The lowest BCUT2D eigenvalue weighted by Crippen LogP contribution is -2.26. The maximum atomic E-state index is 11.8. The molecule has 0 amide bonds. The highest BCUT2D eigenvalue weighted by Crippen LogP contribution is 2.57. The van der Waals surface area contributed by atoms with Gasteiger partial charge in [0.15, 0.2) is 5.78 Å². The molecule has 84 valence electrons. The molecule has 3 unspecified atom stereocenters. The molecule has 0 saturated heterocycles. The van der Waals surface area contributed by atoms with E-state index in [1.807, 2.05) is 6.08 Å². The van der Waals surface area contributed by atoms with Gasteiger partial charge in [-0.25, -0.2) is 0 Å². The minimum atomic E-state index is 0.331. The van der Waals surface area contributed by atoms with Crippen molar-refractivity contribution in [1.29, 1.82) is 0 Å². The molecule has 3 atom stereocenters. The Labute approximate surface area is 92.9 Å². The Kier molecular flexibility index (Phi) is 2.99. The molecule has 15 heavy (non-hydrogen) atoms. The van der Waals surface area contributed by atoms with Gasteiger partial charge in [-0.3, -0.25) is 4.79 Å². The molecule has 1 heteroatoms. The summed E-state index contributed by atoms with van der Waals surface area (Å²) < 4.78 is 0. The van der Waals surface area contributed by atoms with E-state index >= 15 is 0 Å². The zero-order valence-corrected chi connectivity index (χ0v) is 9.96. The Balaban J connectivity index is 1.94. The van der Waals surface area contributed by atoms with Crippen molar-refractivity contribution < 1.29 is 4.79 Å². The van der Waals surface area contributed by atoms with Crippen LogP contribution in [0.1, 0.15) is 52.4 Å². The first-order valence-corrected chi connectivity index (χ1v) is 6.33. The van der Waals surface area contributed by atoms with Crippen LogP contribution in [-0.4, -0.2) is 5.78 Å². The molecule has 0 aromatic rings. The van der Waals surface area contributed by atoms with Gasteiger partial charge >= 0.3 is 0 Å². The first kappa shape index (κ1) is 10.9. The van der Waals surface area contributed by atoms with Crippen LogP contribution in [-0.2, 0) is 4.79 Å². The fourth-order valence-corrected chi connectivity index (χ4v) is 3.64. The predicted molar refractivity (Wildman–Crippen MR) is 62.6 cm³/mol. The lowest BCUT2D eigenvalue weighted by molar-refractivity contribution is -0.117.